The van der Waals surface area contributed by atoms with Gasteiger partial charge in [-0.3, -0.25) is 14.5 Å². The lowest BCUT2D eigenvalue weighted by atomic mass is 10.2. The smallest absolute Gasteiger partial charge is 0.328 e. The van der Waals surface area contributed by atoms with Crippen molar-refractivity contribution in [3.63, 3.8) is 0 Å². The molecule has 2 aliphatic heterocycles. The molecule has 0 spiro atoms. The zero-order valence-corrected chi connectivity index (χ0v) is 15.7. The predicted molar refractivity (Wildman–Crippen MR) is 98.7 cm³/mol. The Balaban J connectivity index is 1.75. The van der Waals surface area contributed by atoms with Crippen LogP contribution in [0.2, 0.25) is 0 Å². The Morgan fingerprint density at radius 2 is 1.92 bits per heavy atom. The molecule has 2 fully saturated rings. The molecule has 140 valence electrons. The fourth-order valence-corrected chi connectivity index (χ4v) is 3.99. The van der Waals surface area contributed by atoms with Gasteiger partial charge in [0, 0.05) is 25.2 Å². The molecule has 0 radical (unpaired) electrons. The van der Waals surface area contributed by atoms with Gasteiger partial charge in [-0.05, 0) is 37.6 Å². The van der Waals surface area contributed by atoms with Crippen molar-refractivity contribution in [2.45, 2.75) is 38.6 Å². The fraction of sp³-hybridized carbons (Fsp3) is 0.500. The van der Waals surface area contributed by atoms with Crippen molar-refractivity contribution in [1.82, 2.24) is 4.90 Å². The third-order valence-electron chi connectivity index (χ3n) is 4.56. The van der Waals surface area contributed by atoms with Crippen LogP contribution in [0, 0.1) is 0 Å². The van der Waals surface area contributed by atoms with E-state index in [1.165, 1.54) is 26.9 Å². The molecule has 8 heteroatoms. The van der Waals surface area contributed by atoms with E-state index in [1.54, 1.807) is 12.1 Å². The number of hydrogen-bond acceptors (Lipinski definition) is 7. The Hall–Kier alpha value is -2.22. The molecule has 1 aromatic heterocycles. The van der Waals surface area contributed by atoms with Crippen LogP contribution in [0.4, 0.5) is 10.7 Å². The molecule has 0 aliphatic carbocycles. The van der Waals surface area contributed by atoms with E-state index in [1.807, 2.05) is 6.07 Å². The van der Waals surface area contributed by atoms with Crippen LogP contribution in [0.1, 0.15) is 38.4 Å². The Bertz CT molecular complexity index is 734. The number of thioether (sulfide) groups is 1. The second-order valence-corrected chi connectivity index (χ2v) is 7.32. The van der Waals surface area contributed by atoms with E-state index in [9.17, 15) is 14.4 Å². The maximum Gasteiger partial charge on any atom is 0.328 e. The SMILES string of the molecule is COC(=O)[C@H](C)N1C(=O)S/C(=C\c2ccc(N3CCCCCC3)o2)C1=O. The summed E-state index contributed by atoms with van der Waals surface area (Å²) in [6.07, 6.45) is 6.29. The van der Waals surface area contributed by atoms with Crippen molar-refractivity contribution in [2.75, 3.05) is 25.1 Å². The van der Waals surface area contributed by atoms with Crippen LogP contribution in [0.15, 0.2) is 21.5 Å². The minimum Gasteiger partial charge on any atom is -0.467 e. The molecule has 26 heavy (non-hydrogen) atoms. The molecule has 0 aromatic carbocycles. The molecular formula is C18H22N2O5S. The number of carbonyl (C=O) groups excluding carboxylic acids is 3. The van der Waals surface area contributed by atoms with Crippen LogP contribution in [-0.4, -0.2) is 48.3 Å². The number of ether oxygens (including phenoxy) is 1. The number of esters is 1. The first-order chi connectivity index (χ1) is 12.5. The van der Waals surface area contributed by atoms with Gasteiger partial charge in [0.25, 0.3) is 11.1 Å². The maximum absolute atomic E-state index is 12.5. The quantitative estimate of drug-likeness (QED) is 0.588. The van der Waals surface area contributed by atoms with Crippen LogP contribution in [0.5, 0.6) is 0 Å². The van der Waals surface area contributed by atoms with Crippen molar-refractivity contribution in [3.05, 3.63) is 22.8 Å². The summed E-state index contributed by atoms with van der Waals surface area (Å²) in [7, 11) is 1.22. The molecule has 0 N–H and O–H groups in total. The van der Waals surface area contributed by atoms with Crippen LogP contribution in [0.25, 0.3) is 6.08 Å². The van der Waals surface area contributed by atoms with Gasteiger partial charge in [-0.2, -0.15) is 0 Å². The molecule has 0 bridgehead atoms. The van der Waals surface area contributed by atoms with Gasteiger partial charge in [0.1, 0.15) is 11.8 Å². The van der Waals surface area contributed by atoms with E-state index in [0.29, 0.717) is 5.76 Å². The molecule has 3 heterocycles. The van der Waals surface area contributed by atoms with E-state index in [2.05, 4.69) is 9.64 Å². The third-order valence-corrected chi connectivity index (χ3v) is 5.44. The van der Waals surface area contributed by atoms with E-state index in [4.69, 9.17) is 4.42 Å². The minimum atomic E-state index is -0.956. The summed E-state index contributed by atoms with van der Waals surface area (Å²) in [6.45, 7) is 3.38. The molecule has 3 rings (SSSR count). The van der Waals surface area contributed by atoms with Gasteiger partial charge >= 0.3 is 5.97 Å². The highest BCUT2D eigenvalue weighted by Gasteiger charge is 2.41. The number of anilines is 1. The van der Waals surface area contributed by atoms with Crippen molar-refractivity contribution in [3.8, 4) is 0 Å². The Morgan fingerprint density at radius 3 is 2.58 bits per heavy atom. The average molecular weight is 378 g/mol. The van der Waals surface area contributed by atoms with Gasteiger partial charge in [-0.15, -0.1) is 0 Å². The maximum atomic E-state index is 12.5. The van der Waals surface area contributed by atoms with Gasteiger partial charge in [0.05, 0.1) is 12.0 Å². The van der Waals surface area contributed by atoms with E-state index >= 15 is 0 Å². The van der Waals surface area contributed by atoms with E-state index in [-0.39, 0.29) is 4.91 Å². The Kier molecular flexibility index (Phi) is 5.70. The summed E-state index contributed by atoms with van der Waals surface area (Å²) in [5, 5.41) is -0.488. The van der Waals surface area contributed by atoms with Crippen LogP contribution in [-0.2, 0) is 14.3 Å². The molecule has 2 amide bonds. The number of rotatable bonds is 4. The molecule has 7 nitrogen and oxygen atoms in total. The Morgan fingerprint density at radius 1 is 1.23 bits per heavy atom. The molecule has 2 saturated heterocycles. The number of amides is 2. The van der Waals surface area contributed by atoms with Gasteiger partial charge in [0.2, 0.25) is 0 Å². The highest BCUT2D eigenvalue weighted by atomic mass is 32.2. The monoisotopic (exact) mass is 378 g/mol. The predicted octanol–water partition coefficient (Wildman–Crippen LogP) is 3.26. The molecule has 2 aliphatic rings. The first kappa shape index (κ1) is 18.6. The zero-order valence-electron chi connectivity index (χ0n) is 14.9. The molecule has 0 saturated carbocycles. The van der Waals surface area contributed by atoms with Crippen LogP contribution in [0.3, 0.4) is 0 Å². The molecule has 1 atom stereocenters. The second-order valence-electron chi connectivity index (χ2n) is 6.33. The van der Waals surface area contributed by atoms with Crippen LogP contribution < -0.4 is 4.90 Å². The van der Waals surface area contributed by atoms with Crippen molar-refractivity contribution >= 4 is 40.8 Å². The van der Waals surface area contributed by atoms with Crippen molar-refractivity contribution in [1.29, 1.82) is 0 Å². The lowest BCUT2D eigenvalue weighted by Gasteiger charge is -2.18. The second kappa shape index (κ2) is 7.99. The lowest BCUT2D eigenvalue weighted by Crippen LogP contribution is -2.42. The normalized spacial score (nSPS) is 21.2. The summed E-state index contributed by atoms with van der Waals surface area (Å²) in [5.41, 5.74) is 0. The largest absolute Gasteiger partial charge is 0.467 e. The number of imide groups is 1. The first-order valence-corrected chi connectivity index (χ1v) is 9.52. The fourth-order valence-electron chi connectivity index (χ4n) is 3.10. The first-order valence-electron chi connectivity index (χ1n) is 8.71. The number of methoxy groups -OCH3 is 1. The molecular weight excluding hydrogens is 356 g/mol. The molecule has 0 unspecified atom stereocenters. The van der Waals surface area contributed by atoms with Crippen molar-refractivity contribution in [2.24, 2.45) is 0 Å². The molecule has 1 aromatic rings. The average Bonchev–Trinajstić information content (AvgIpc) is 3.07. The Labute approximate surface area is 156 Å². The topological polar surface area (TPSA) is 80.1 Å². The van der Waals surface area contributed by atoms with Gasteiger partial charge < -0.3 is 14.1 Å². The number of nitrogens with zero attached hydrogens (tertiary/aromatic N) is 2. The van der Waals surface area contributed by atoms with Gasteiger partial charge in [0.15, 0.2) is 5.88 Å². The lowest BCUT2D eigenvalue weighted by molar-refractivity contribution is -0.148. The number of hydrogen-bond donors (Lipinski definition) is 0. The highest BCUT2D eigenvalue weighted by Crippen LogP contribution is 2.34. The van der Waals surface area contributed by atoms with Gasteiger partial charge in [-0.25, -0.2) is 4.79 Å². The number of carbonyl (C=O) groups is 3. The standard InChI is InChI=1S/C18H22N2O5S/c1-12(17(22)24-2)20-16(21)14(26-18(20)23)11-13-7-8-15(25-13)19-9-5-3-4-6-10-19/h7-8,11-12H,3-6,9-10H2,1-2H3/b14-11-/t12-/m0/s1. The number of furan rings is 1. The summed E-state index contributed by atoms with van der Waals surface area (Å²) in [6, 6.07) is 2.72. The van der Waals surface area contributed by atoms with Gasteiger partial charge in [-0.1, -0.05) is 12.8 Å². The summed E-state index contributed by atoms with van der Waals surface area (Å²) in [4.78, 5) is 39.6. The zero-order chi connectivity index (χ0) is 18.7. The summed E-state index contributed by atoms with van der Waals surface area (Å²) >= 11 is 0.798. The summed E-state index contributed by atoms with van der Waals surface area (Å²) < 4.78 is 10.5. The van der Waals surface area contributed by atoms with E-state index < -0.39 is 23.2 Å². The van der Waals surface area contributed by atoms with E-state index in [0.717, 1.165) is 48.5 Å². The minimum absolute atomic E-state index is 0.238. The summed E-state index contributed by atoms with van der Waals surface area (Å²) in [5.74, 6) is 0.154. The third kappa shape index (κ3) is 3.80. The highest BCUT2D eigenvalue weighted by molar-refractivity contribution is 8.18. The van der Waals surface area contributed by atoms with Crippen molar-refractivity contribution < 1.29 is 23.5 Å². The van der Waals surface area contributed by atoms with Crippen LogP contribution >= 0.6 is 11.8 Å².